The molecule has 2 heterocycles. The summed E-state index contributed by atoms with van der Waals surface area (Å²) in [6.45, 7) is 2.92. The number of methoxy groups -OCH3 is 1. The Kier molecular flexibility index (Phi) is 4.64. The van der Waals surface area contributed by atoms with Crippen molar-refractivity contribution in [1.82, 2.24) is 20.0 Å². The molecule has 11 heteroatoms. The number of hydrogen-bond donors (Lipinski definition) is 0. The molecule has 0 aromatic carbocycles. The van der Waals surface area contributed by atoms with Crippen molar-refractivity contribution in [2.45, 2.75) is 32.5 Å². The lowest BCUT2D eigenvalue weighted by Gasteiger charge is -2.09. The van der Waals surface area contributed by atoms with Gasteiger partial charge in [0.15, 0.2) is 5.69 Å². The van der Waals surface area contributed by atoms with E-state index < -0.39 is 28.9 Å². The second-order valence-corrected chi connectivity index (χ2v) is 5.03. The molecule has 126 valence electrons. The maximum Gasteiger partial charge on any atom is 0.436 e. The summed E-state index contributed by atoms with van der Waals surface area (Å²) in [5.74, 6) is -0.587. The van der Waals surface area contributed by atoms with Gasteiger partial charge >= 0.3 is 12.1 Å². The van der Waals surface area contributed by atoms with E-state index in [9.17, 15) is 18.0 Å². The number of rotatable bonds is 4. The van der Waals surface area contributed by atoms with E-state index >= 15 is 0 Å². The van der Waals surface area contributed by atoms with E-state index in [1.807, 2.05) is 0 Å². The lowest BCUT2D eigenvalue weighted by molar-refractivity contribution is -0.142. The van der Waals surface area contributed by atoms with Crippen molar-refractivity contribution in [1.29, 1.82) is 0 Å². The van der Waals surface area contributed by atoms with Gasteiger partial charge in [-0.1, -0.05) is 11.6 Å². The number of alkyl halides is 3. The highest BCUT2D eigenvalue weighted by molar-refractivity contribution is 6.31. The predicted octanol–water partition coefficient (Wildman–Crippen LogP) is 2.57. The zero-order valence-corrected chi connectivity index (χ0v) is 13.1. The molecule has 0 bridgehead atoms. The molecule has 2 aromatic rings. The first-order chi connectivity index (χ1) is 10.6. The second kappa shape index (κ2) is 6.19. The average molecular weight is 353 g/mol. The number of esters is 1. The highest BCUT2D eigenvalue weighted by Gasteiger charge is 2.39. The van der Waals surface area contributed by atoms with Crippen LogP contribution in [0, 0.1) is 6.92 Å². The third-order valence-electron chi connectivity index (χ3n) is 3.08. The van der Waals surface area contributed by atoms with Gasteiger partial charge in [0.25, 0.3) is 0 Å². The predicted molar refractivity (Wildman–Crippen MR) is 70.8 cm³/mol. The van der Waals surface area contributed by atoms with Gasteiger partial charge in [0.2, 0.25) is 11.8 Å². The van der Waals surface area contributed by atoms with Crippen LogP contribution in [0.5, 0.6) is 0 Å². The van der Waals surface area contributed by atoms with Gasteiger partial charge in [-0.15, -0.1) is 10.2 Å². The molecule has 1 atom stereocenters. The lowest BCUT2D eigenvalue weighted by atomic mass is 10.3. The molecular formula is C12H12ClF3N4O3. The first-order valence-electron chi connectivity index (χ1n) is 6.36. The van der Waals surface area contributed by atoms with Gasteiger partial charge in [-0.3, -0.25) is 9.48 Å². The van der Waals surface area contributed by atoms with Crippen LogP contribution in [-0.2, 0) is 22.1 Å². The molecule has 0 fully saturated rings. The van der Waals surface area contributed by atoms with Crippen molar-refractivity contribution in [3.8, 4) is 0 Å². The molecule has 0 radical (unpaired) electrons. The number of hydrogen-bond acceptors (Lipinski definition) is 6. The summed E-state index contributed by atoms with van der Waals surface area (Å²) in [6.07, 6.45) is -4.90. The number of carbonyl (C=O) groups is 1. The Morgan fingerprint density at radius 1 is 1.43 bits per heavy atom. The SMILES string of the molecule is COC(=O)Cc1nnc(C(C)n2nc(C(F)(F)F)c(Cl)c2C)o1. The Labute approximate surface area is 133 Å². The molecule has 2 rings (SSSR count). The molecule has 0 N–H and O–H groups in total. The normalized spacial score (nSPS) is 13.2. The van der Waals surface area contributed by atoms with Crippen LogP contribution in [0.15, 0.2) is 4.42 Å². The van der Waals surface area contributed by atoms with Crippen molar-refractivity contribution in [3.63, 3.8) is 0 Å². The Morgan fingerprint density at radius 3 is 2.61 bits per heavy atom. The van der Waals surface area contributed by atoms with Crippen LogP contribution in [0.2, 0.25) is 5.02 Å². The minimum Gasteiger partial charge on any atom is -0.469 e. The molecule has 0 spiro atoms. The second-order valence-electron chi connectivity index (χ2n) is 4.65. The fraction of sp³-hybridized carbons (Fsp3) is 0.500. The number of ether oxygens (including phenoxy) is 1. The summed E-state index contributed by atoms with van der Waals surface area (Å²) < 4.78 is 49.2. The van der Waals surface area contributed by atoms with Crippen molar-refractivity contribution in [3.05, 3.63) is 28.2 Å². The minimum atomic E-state index is -4.67. The largest absolute Gasteiger partial charge is 0.469 e. The summed E-state index contributed by atoms with van der Waals surface area (Å²) in [4.78, 5) is 11.1. The first kappa shape index (κ1) is 17.3. The van der Waals surface area contributed by atoms with E-state index in [0.29, 0.717) is 0 Å². The van der Waals surface area contributed by atoms with E-state index in [-0.39, 0.29) is 23.9 Å². The molecule has 0 saturated carbocycles. The topological polar surface area (TPSA) is 83.0 Å². The molecule has 0 aliphatic rings. The molecule has 1 unspecified atom stereocenters. The van der Waals surface area contributed by atoms with E-state index in [4.69, 9.17) is 16.0 Å². The first-order valence-corrected chi connectivity index (χ1v) is 6.73. The fourth-order valence-corrected chi connectivity index (χ4v) is 2.10. The van der Waals surface area contributed by atoms with Crippen LogP contribution in [0.3, 0.4) is 0 Å². The van der Waals surface area contributed by atoms with Crippen molar-refractivity contribution < 1.29 is 27.1 Å². The van der Waals surface area contributed by atoms with E-state index in [0.717, 1.165) is 4.68 Å². The molecule has 0 aliphatic heterocycles. The quantitative estimate of drug-likeness (QED) is 0.786. The molecule has 7 nitrogen and oxygen atoms in total. The number of carbonyl (C=O) groups excluding carboxylic acids is 1. The highest BCUT2D eigenvalue weighted by Crippen LogP contribution is 2.36. The zero-order chi connectivity index (χ0) is 17.4. The summed E-state index contributed by atoms with van der Waals surface area (Å²) >= 11 is 5.69. The standard InChI is InChI=1S/C12H12ClF3N4O3/c1-5-9(13)10(12(14,15)16)19-20(5)6(2)11-18-17-7(23-11)4-8(21)22-3/h6H,4H2,1-3H3. The van der Waals surface area contributed by atoms with Gasteiger partial charge in [0.05, 0.1) is 17.8 Å². The van der Waals surface area contributed by atoms with Crippen LogP contribution in [0.25, 0.3) is 0 Å². The summed E-state index contributed by atoms with van der Waals surface area (Å²) in [5.41, 5.74) is -1.07. The average Bonchev–Trinajstić information content (AvgIpc) is 3.04. The zero-order valence-electron chi connectivity index (χ0n) is 12.3. The van der Waals surface area contributed by atoms with Crippen LogP contribution in [-0.4, -0.2) is 33.1 Å². The summed E-state index contributed by atoms with van der Waals surface area (Å²) in [5, 5.41) is 10.4. The monoisotopic (exact) mass is 352 g/mol. The summed E-state index contributed by atoms with van der Waals surface area (Å²) in [6, 6.07) is -0.789. The Hall–Kier alpha value is -2.10. The van der Waals surface area contributed by atoms with E-state index in [1.165, 1.54) is 21.0 Å². The van der Waals surface area contributed by atoms with Crippen molar-refractivity contribution in [2.75, 3.05) is 7.11 Å². The molecule has 0 aliphatic carbocycles. The van der Waals surface area contributed by atoms with Gasteiger partial charge in [0.1, 0.15) is 12.5 Å². The maximum absolute atomic E-state index is 12.8. The maximum atomic E-state index is 12.8. The number of nitrogens with zero attached hydrogens (tertiary/aromatic N) is 4. The molecule has 2 aromatic heterocycles. The van der Waals surface area contributed by atoms with Crippen molar-refractivity contribution >= 4 is 17.6 Å². The van der Waals surface area contributed by atoms with Gasteiger partial charge in [-0.2, -0.15) is 18.3 Å². The number of halogens is 4. The Bertz CT molecular complexity index is 726. The molecule has 23 heavy (non-hydrogen) atoms. The molecule has 0 amide bonds. The number of aromatic nitrogens is 4. The smallest absolute Gasteiger partial charge is 0.436 e. The van der Waals surface area contributed by atoms with Gasteiger partial charge in [0, 0.05) is 0 Å². The lowest BCUT2D eigenvalue weighted by Crippen LogP contribution is -2.13. The third kappa shape index (κ3) is 3.46. The van der Waals surface area contributed by atoms with Gasteiger partial charge in [-0.05, 0) is 13.8 Å². The van der Waals surface area contributed by atoms with Crippen molar-refractivity contribution in [2.24, 2.45) is 0 Å². The van der Waals surface area contributed by atoms with Gasteiger partial charge < -0.3 is 9.15 Å². The van der Waals surface area contributed by atoms with Crippen LogP contribution < -0.4 is 0 Å². The van der Waals surface area contributed by atoms with Crippen LogP contribution >= 0.6 is 11.6 Å². The third-order valence-corrected chi connectivity index (χ3v) is 3.53. The minimum absolute atomic E-state index is 0.0000979. The molecule has 0 saturated heterocycles. The Balaban J connectivity index is 2.31. The van der Waals surface area contributed by atoms with Crippen LogP contribution in [0.4, 0.5) is 13.2 Å². The molecular weight excluding hydrogens is 341 g/mol. The van der Waals surface area contributed by atoms with E-state index in [1.54, 1.807) is 0 Å². The Morgan fingerprint density at radius 2 is 2.09 bits per heavy atom. The summed E-state index contributed by atoms with van der Waals surface area (Å²) in [7, 11) is 1.20. The highest BCUT2D eigenvalue weighted by atomic mass is 35.5. The fourth-order valence-electron chi connectivity index (χ4n) is 1.86. The van der Waals surface area contributed by atoms with Gasteiger partial charge in [-0.25, -0.2) is 0 Å². The van der Waals surface area contributed by atoms with E-state index in [2.05, 4.69) is 20.0 Å². The van der Waals surface area contributed by atoms with Crippen LogP contribution in [0.1, 0.15) is 36.1 Å².